The molecule has 2 aliphatic heterocycles. The monoisotopic (exact) mass is 410 g/mol. The summed E-state index contributed by atoms with van der Waals surface area (Å²) in [5.74, 6) is 0.795. The summed E-state index contributed by atoms with van der Waals surface area (Å²) in [6.07, 6.45) is 6.12. The van der Waals surface area contributed by atoms with Crippen molar-refractivity contribution in [1.82, 2.24) is 20.2 Å². The number of nitrogens with one attached hydrogen (secondary N) is 2. The summed E-state index contributed by atoms with van der Waals surface area (Å²) in [6, 6.07) is 0.397. The standard InChI is InChI=1S/C19H26N4O2S.ClH/c1-11-15-18(22-14-8-4-3-5-10-23(14)19(15)25)26-16(11)17(24)21-13-7-6-9-20-12(13)2;/h12-13,20H,3-10H2,1-2H3,(H,21,24);1H. The number of aryl methyl sites for hydroxylation is 2. The van der Waals surface area contributed by atoms with Crippen molar-refractivity contribution in [2.24, 2.45) is 0 Å². The first kappa shape index (κ1) is 20.3. The predicted octanol–water partition coefficient (Wildman–Crippen LogP) is 2.78. The van der Waals surface area contributed by atoms with Crippen molar-refractivity contribution in [1.29, 1.82) is 0 Å². The number of thiophene rings is 1. The van der Waals surface area contributed by atoms with E-state index in [1.165, 1.54) is 11.3 Å². The van der Waals surface area contributed by atoms with E-state index < -0.39 is 0 Å². The third kappa shape index (κ3) is 3.77. The van der Waals surface area contributed by atoms with Gasteiger partial charge in [-0.2, -0.15) is 0 Å². The van der Waals surface area contributed by atoms with Gasteiger partial charge in [0.05, 0.1) is 10.3 Å². The van der Waals surface area contributed by atoms with Crippen LogP contribution in [0.5, 0.6) is 0 Å². The van der Waals surface area contributed by atoms with E-state index in [0.717, 1.165) is 63.0 Å². The lowest BCUT2D eigenvalue weighted by Crippen LogP contribution is -2.51. The van der Waals surface area contributed by atoms with E-state index in [2.05, 4.69) is 17.6 Å². The Morgan fingerprint density at radius 2 is 2.11 bits per heavy atom. The normalized spacial score (nSPS) is 22.6. The molecule has 1 amide bonds. The summed E-state index contributed by atoms with van der Waals surface area (Å²) in [7, 11) is 0. The summed E-state index contributed by atoms with van der Waals surface area (Å²) in [4.78, 5) is 32.0. The summed E-state index contributed by atoms with van der Waals surface area (Å²) in [6.45, 7) is 5.72. The van der Waals surface area contributed by atoms with E-state index in [1.807, 2.05) is 11.5 Å². The van der Waals surface area contributed by atoms with Gasteiger partial charge in [-0.05, 0) is 51.6 Å². The Bertz CT molecular complexity index is 907. The smallest absolute Gasteiger partial charge is 0.262 e. The molecule has 8 heteroatoms. The molecule has 1 fully saturated rings. The van der Waals surface area contributed by atoms with Crippen molar-refractivity contribution in [2.75, 3.05) is 6.54 Å². The maximum Gasteiger partial charge on any atom is 0.262 e. The third-order valence-corrected chi connectivity index (χ3v) is 6.88. The molecule has 0 aromatic carbocycles. The second kappa shape index (κ2) is 8.29. The molecular formula is C19H27ClN4O2S. The first-order valence-corrected chi connectivity index (χ1v) is 10.4. The minimum atomic E-state index is -0.0781. The molecule has 2 aromatic heterocycles. The average Bonchev–Trinajstić information content (AvgIpc) is 2.80. The molecule has 1 saturated heterocycles. The molecule has 4 rings (SSSR count). The summed E-state index contributed by atoms with van der Waals surface area (Å²) >= 11 is 1.36. The molecule has 2 N–H and O–H groups in total. The van der Waals surface area contributed by atoms with Gasteiger partial charge in [-0.3, -0.25) is 14.2 Å². The van der Waals surface area contributed by atoms with Crippen LogP contribution >= 0.6 is 23.7 Å². The van der Waals surface area contributed by atoms with Crippen molar-refractivity contribution in [2.45, 2.75) is 71.0 Å². The molecule has 0 saturated carbocycles. The van der Waals surface area contributed by atoms with E-state index in [4.69, 9.17) is 4.98 Å². The minimum absolute atomic E-state index is 0. The number of rotatable bonds is 2. The Kier molecular flexibility index (Phi) is 6.23. The highest BCUT2D eigenvalue weighted by atomic mass is 35.5. The fourth-order valence-electron chi connectivity index (χ4n) is 4.10. The van der Waals surface area contributed by atoms with Crippen LogP contribution in [0.2, 0.25) is 0 Å². The number of nitrogens with zero attached hydrogens (tertiary/aromatic N) is 2. The van der Waals surface area contributed by atoms with Gasteiger partial charge in [0, 0.05) is 25.0 Å². The van der Waals surface area contributed by atoms with E-state index in [9.17, 15) is 9.59 Å². The molecule has 0 bridgehead atoms. The quantitative estimate of drug-likeness (QED) is 0.798. The Morgan fingerprint density at radius 3 is 2.89 bits per heavy atom. The Labute approximate surface area is 169 Å². The molecular weight excluding hydrogens is 384 g/mol. The minimum Gasteiger partial charge on any atom is -0.347 e. The molecule has 2 aliphatic rings. The lowest BCUT2D eigenvalue weighted by Gasteiger charge is -2.30. The van der Waals surface area contributed by atoms with Crippen molar-refractivity contribution >= 4 is 39.9 Å². The number of carbonyl (C=O) groups is 1. The zero-order valence-corrected chi connectivity index (χ0v) is 17.5. The van der Waals surface area contributed by atoms with Gasteiger partial charge in [0.15, 0.2) is 0 Å². The zero-order chi connectivity index (χ0) is 18.3. The highest BCUT2D eigenvalue weighted by molar-refractivity contribution is 7.20. The van der Waals surface area contributed by atoms with E-state index in [1.54, 1.807) is 0 Å². The van der Waals surface area contributed by atoms with Gasteiger partial charge in [-0.25, -0.2) is 4.98 Å². The maximum absolute atomic E-state index is 13.0. The van der Waals surface area contributed by atoms with Crippen LogP contribution in [0, 0.1) is 6.92 Å². The molecule has 27 heavy (non-hydrogen) atoms. The van der Waals surface area contributed by atoms with Gasteiger partial charge in [0.1, 0.15) is 10.7 Å². The fraction of sp³-hybridized carbons (Fsp3) is 0.632. The van der Waals surface area contributed by atoms with Crippen LogP contribution in [0.4, 0.5) is 0 Å². The number of aromatic nitrogens is 2. The molecule has 0 spiro atoms. The van der Waals surface area contributed by atoms with Gasteiger partial charge in [0.25, 0.3) is 11.5 Å². The van der Waals surface area contributed by atoms with E-state index in [-0.39, 0.29) is 36.0 Å². The summed E-state index contributed by atoms with van der Waals surface area (Å²) in [5.41, 5.74) is 0.795. The predicted molar refractivity (Wildman–Crippen MR) is 111 cm³/mol. The summed E-state index contributed by atoms with van der Waals surface area (Å²) < 4.78 is 1.82. The Balaban J connectivity index is 0.00000210. The van der Waals surface area contributed by atoms with Crippen LogP contribution in [0.3, 0.4) is 0 Å². The van der Waals surface area contributed by atoms with Gasteiger partial charge in [0.2, 0.25) is 0 Å². The molecule has 0 radical (unpaired) electrons. The van der Waals surface area contributed by atoms with Crippen LogP contribution in [-0.2, 0) is 13.0 Å². The maximum atomic E-state index is 13.0. The first-order chi connectivity index (χ1) is 12.6. The van der Waals surface area contributed by atoms with Gasteiger partial charge in [-0.15, -0.1) is 23.7 Å². The van der Waals surface area contributed by atoms with E-state index in [0.29, 0.717) is 15.1 Å². The Morgan fingerprint density at radius 1 is 1.30 bits per heavy atom. The zero-order valence-electron chi connectivity index (χ0n) is 15.8. The second-order valence-electron chi connectivity index (χ2n) is 7.50. The Hall–Kier alpha value is -1.44. The van der Waals surface area contributed by atoms with Crippen molar-refractivity contribution < 1.29 is 4.79 Å². The first-order valence-electron chi connectivity index (χ1n) is 9.63. The number of hydrogen-bond donors (Lipinski definition) is 2. The fourth-order valence-corrected chi connectivity index (χ4v) is 5.20. The number of carbonyl (C=O) groups excluding carboxylic acids is 1. The second-order valence-corrected chi connectivity index (χ2v) is 8.50. The van der Waals surface area contributed by atoms with Crippen LogP contribution in [0.1, 0.15) is 60.1 Å². The third-order valence-electron chi connectivity index (χ3n) is 5.70. The SMILES string of the molecule is Cc1c(C(=O)NC2CCCNC2C)sc2nc3n(c(=O)c12)CCCCC3.Cl. The number of piperidine rings is 1. The van der Waals surface area contributed by atoms with Crippen molar-refractivity contribution in [3.63, 3.8) is 0 Å². The lowest BCUT2D eigenvalue weighted by molar-refractivity contribution is 0.0923. The highest BCUT2D eigenvalue weighted by Crippen LogP contribution is 2.28. The van der Waals surface area contributed by atoms with Crippen LogP contribution < -0.4 is 16.2 Å². The van der Waals surface area contributed by atoms with Gasteiger partial charge in [-0.1, -0.05) is 6.42 Å². The van der Waals surface area contributed by atoms with Crippen LogP contribution in [-0.4, -0.2) is 34.1 Å². The molecule has 4 heterocycles. The molecule has 148 valence electrons. The highest BCUT2D eigenvalue weighted by Gasteiger charge is 2.26. The lowest BCUT2D eigenvalue weighted by atomic mass is 10.00. The number of amides is 1. The molecule has 6 nitrogen and oxygen atoms in total. The molecule has 2 aromatic rings. The number of hydrogen-bond acceptors (Lipinski definition) is 5. The molecule has 0 aliphatic carbocycles. The number of fused-ring (bicyclic) bond motifs is 2. The van der Waals surface area contributed by atoms with Crippen LogP contribution in [0.25, 0.3) is 10.2 Å². The largest absolute Gasteiger partial charge is 0.347 e. The topological polar surface area (TPSA) is 76.0 Å². The van der Waals surface area contributed by atoms with Gasteiger partial charge < -0.3 is 10.6 Å². The molecule has 2 atom stereocenters. The van der Waals surface area contributed by atoms with Crippen molar-refractivity contribution in [3.05, 3.63) is 26.6 Å². The van der Waals surface area contributed by atoms with Crippen molar-refractivity contribution in [3.8, 4) is 0 Å². The van der Waals surface area contributed by atoms with E-state index >= 15 is 0 Å². The van der Waals surface area contributed by atoms with Crippen LogP contribution in [0.15, 0.2) is 4.79 Å². The molecule has 2 unspecified atom stereocenters. The number of halogens is 1. The average molecular weight is 411 g/mol. The summed E-state index contributed by atoms with van der Waals surface area (Å²) in [5, 5.41) is 7.19. The van der Waals surface area contributed by atoms with Gasteiger partial charge >= 0.3 is 0 Å².